The number of carbonyl (C=O) groups is 4. The molecule has 11 nitrogen and oxygen atoms in total. The van der Waals surface area contributed by atoms with E-state index in [1.807, 2.05) is 38.1 Å². The number of hydrogen-bond donors (Lipinski definition) is 3. The molecule has 11 heteroatoms. The van der Waals surface area contributed by atoms with Gasteiger partial charge in [-0.15, -0.1) is 0 Å². The second kappa shape index (κ2) is 23.7. The Bertz CT molecular complexity index is 908. The van der Waals surface area contributed by atoms with Crippen LogP contribution in [0.3, 0.4) is 0 Å². The molecule has 0 aliphatic heterocycles. The zero-order valence-corrected chi connectivity index (χ0v) is 25.6. The van der Waals surface area contributed by atoms with E-state index in [4.69, 9.17) is 24.7 Å². The number of carbonyl (C=O) groups excluding carboxylic acids is 4. The molecule has 0 heterocycles. The highest BCUT2D eigenvalue weighted by Crippen LogP contribution is 2.20. The Hall–Kier alpha value is -2.86. The highest BCUT2D eigenvalue weighted by Gasteiger charge is 2.24. The highest BCUT2D eigenvalue weighted by atomic mass is 16.5. The summed E-state index contributed by atoms with van der Waals surface area (Å²) >= 11 is 0. The molecule has 1 atom stereocenters. The zero-order chi connectivity index (χ0) is 31.0. The fraction of sp³-hybridized carbons (Fsp3) is 0.677. The van der Waals surface area contributed by atoms with Gasteiger partial charge in [-0.2, -0.15) is 0 Å². The standard InChI is InChI=1S/C31H51N3O8/c1-24(2)20-27(31(38)42-23-26-8-6-25(7-9-26)21-30(37)33-3)22-28(35)10-11-29(36)34-13-5-15-40-17-19-41-18-16-39-14-4-12-32/h6-9,24,27H,4-5,10-23,32H2,1-3H3,(H,33,37)(H,34,36). The van der Waals surface area contributed by atoms with Crippen molar-refractivity contribution in [3.05, 3.63) is 35.4 Å². The third kappa shape index (κ3) is 19.3. The number of benzene rings is 1. The average molecular weight is 594 g/mol. The Kier molecular flexibility index (Phi) is 20.9. The summed E-state index contributed by atoms with van der Waals surface area (Å²) in [6.07, 6.45) is 2.50. The lowest BCUT2D eigenvalue weighted by Crippen LogP contribution is -2.27. The van der Waals surface area contributed by atoms with Gasteiger partial charge in [0.2, 0.25) is 11.8 Å². The summed E-state index contributed by atoms with van der Waals surface area (Å²) in [5.74, 6) is -1.19. The zero-order valence-electron chi connectivity index (χ0n) is 25.6. The van der Waals surface area contributed by atoms with Crippen LogP contribution < -0.4 is 16.4 Å². The largest absolute Gasteiger partial charge is 0.461 e. The van der Waals surface area contributed by atoms with Crippen molar-refractivity contribution in [2.75, 3.05) is 59.8 Å². The van der Waals surface area contributed by atoms with Crippen LogP contribution in [0.5, 0.6) is 0 Å². The molecule has 1 aromatic rings. The monoisotopic (exact) mass is 593 g/mol. The van der Waals surface area contributed by atoms with Gasteiger partial charge in [-0.25, -0.2) is 0 Å². The molecule has 1 unspecified atom stereocenters. The van der Waals surface area contributed by atoms with Gasteiger partial charge in [0.1, 0.15) is 12.4 Å². The fourth-order valence-corrected chi connectivity index (χ4v) is 3.98. The van der Waals surface area contributed by atoms with Crippen molar-refractivity contribution in [2.45, 2.75) is 65.4 Å². The normalized spacial score (nSPS) is 11.7. The molecule has 0 saturated carbocycles. The van der Waals surface area contributed by atoms with E-state index >= 15 is 0 Å². The highest BCUT2D eigenvalue weighted by molar-refractivity contribution is 5.87. The van der Waals surface area contributed by atoms with Crippen LogP contribution in [0.15, 0.2) is 24.3 Å². The third-order valence-electron chi connectivity index (χ3n) is 6.27. The van der Waals surface area contributed by atoms with Crippen molar-refractivity contribution >= 4 is 23.6 Å². The first-order valence-corrected chi connectivity index (χ1v) is 14.9. The Morgan fingerprint density at radius 1 is 0.810 bits per heavy atom. The predicted octanol–water partition coefficient (Wildman–Crippen LogP) is 2.32. The van der Waals surface area contributed by atoms with E-state index in [0.29, 0.717) is 65.6 Å². The SMILES string of the molecule is CNC(=O)Cc1ccc(COC(=O)C(CC(=O)CCC(=O)NCCCOCCOCCOCCCN)CC(C)C)cc1. The lowest BCUT2D eigenvalue weighted by molar-refractivity contribution is -0.152. The lowest BCUT2D eigenvalue weighted by Gasteiger charge is -2.17. The van der Waals surface area contributed by atoms with E-state index in [2.05, 4.69) is 10.6 Å². The summed E-state index contributed by atoms with van der Waals surface area (Å²) in [6, 6.07) is 7.28. The summed E-state index contributed by atoms with van der Waals surface area (Å²) in [6.45, 7) is 8.27. The van der Waals surface area contributed by atoms with Crippen LogP contribution >= 0.6 is 0 Å². The quantitative estimate of drug-likeness (QED) is 0.114. The molecule has 1 aromatic carbocycles. The molecule has 42 heavy (non-hydrogen) atoms. The minimum Gasteiger partial charge on any atom is -0.461 e. The van der Waals surface area contributed by atoms with Gasteiger partial charge in [-0.1, -0.05) is 38.1 Å². The van der Waals surface area contributed by atoms with E-state index in [1.165, 1.54) is 0 Å². The van der Waals surface area contributed by atoms with Crippen LogP contribution in [-0.2, 0) is 51.2 Å². The number of Topliss-reactive ketones (excluding diaryl/α,β-unsaturated/α-hetero) is 1. The minimum absolute atomic E-state index is 0.0467. The number of esters is 1. The average Bonchev–Trinajstić information content (AvgIpc) is 2.97. The summed E-state index contributed by atoms with van der Waals surface area (Å²) in [7, 11) is 1.59. The first-order valence-electron chi connectivity index (χ1n) is 14.9. The summed E-state index contributed by atoms with van der Waals surface area (Å²) in [4.78, 5) is 49.0. The van der Waals surface area contributed by atoms with Crippen molar-refractivity contribution in [3.8, 4) is 0 Å². The molecule has 238 valence electrons. The van der Waals surface area contributed by atoms with Gasteiger partial charge >= 0.3 is 5.97 Å². The molecule has 0 aliphatic rings. The Labute approximate surface area is 250 Å². The summed E-state index contributed by atoms with van der Waals surface area (Å²) < 4.78 is 21.7. The molecular formula is C31H51N3O8. The first-order chi connectivity index (χ1) is 20.2. The molecule has 1 rings (SSSR count). The number of likely N-dealkylation sites (N-methyl/N-ethyl adjacent to an activating group) is 1. The maximum atomic E-state index is 12.8. The fourth-order valence-electron chi connectivity index (χ4n) is 3.98. The van der Waals surface area contributed by atoms with Crippen molar-refractivity contribution < 1.29 is 38.1 Å². The maximum Gasteiger partial charge on any atom is 0.309 e. The maximum absolute atomic E-state index is 12.8. The van der Waals surface area contributed by atoms with E-state index in [9.17, 15) is 19.2 Å². The van der Waals surface area contributed by atoms with Crippen LogP contribution in [0.25, 0.3) is 0 Å². The second-order valence-corrected chi connectivity index (χ2v) is 10.5. The van der Waals surface area contributed by atoms with Gasteiger partial charge in [0.15, 0.2) is 0 Å². The smallest absolute Gasteiger partial charge is 0.309 e. The van der Waals surface area contributed by atoms with Crippen LogP contribution in [-0.4, -0.2) is 83.3 Å². The number of ether oxygens (including phenoxy) is 4. The van der Waals surface area contributed by atoms with Crippen LogP contribution in [0.4, 0.5) is 0 Å². The second-order valence-electron chi connectivity index (χ2n) is 10.5. The number of nitrogens with two attached hydrogens (primary N) is 1. The molecule has 0 bridgehead atoms. The Morgan fingerprint density at radius 3 is 2.00 bits per heavy atom. The Balaban J connectivity index is 2.23. The third-order valence-corrected chi connectivity index (χ3v) is 6.27. The number of ketones is 1. The van der Waals surface area contributed by atoms with Crippen LogP contribution in [0.1, 0.15) is 63.5 Å². The van der Waals surface area contributed by atoms with E-state index in [0.717, 1.165) is 17.5 Å². The first kappa shape index (κ1) is 37.2. The van der Waals surface area contributed by atoms with Crippen molar-refractivity contribution in [2.24, 2.45) is 17.6 Å². The predicted molar refractivity (Wildman–Crippen MR) is 160 cm³/mol. The van der Waals surface area contributed by atoms with Gasteiger partial charge < -0.3 is 35.3 Å². The Morgan fingerprint density at radius 2 is 1.40 bits per heavy atom. The number of rotatable bonds is 25. The molecule has 4 N–H and O–H groups in total. The molecular weight excluding hydrogens is 542 g/mol. The molecule has 0 saturated heterocycles. The summed E-state index contributed by atoms with van der Waals surface area (Å²) in [5.41, 5.74) is 7.05. The van der Waals surface area contributed by atoms with Gasteiger partial charge in [0.25, 0.3) is 0 Å². The summed E-state index contributed by atoms with van der Waals surface area (Å²) in [5, 5.41) is 5.38. The van der Waals surface area contributed by atoms with Crippen LogP contribution in [0.2, 0.25) is 0 Å². The van der Waals surface area contributed by atoms with Crippen molar-refractivity contribution in [1.82, 2.24) is 10.6 Å². The molecule has 0 spiro atoms. The molecule has 2 amide bonds. The molecule has 0 radical (unpaired) electrons. The number of hydrogen-bond acceptors (Lipinski definition) is 9. The number of amides is 2. The molecule has 0 aliphatic carbocycles. The lowest BCUT2D eigenvalue weighted by atomic mass is 9.91. The topological polar surface area (TPSA) is 155 Å². The van der Waals surface area contributed by atoms with E-state index in [1.54, 1.807) is 7.05 Å². The molecule has 0 aromatic heterocycles. The van der Waals surface area contributed by atoms with Gasteiger partial charge in [-0.05, 0) is 42.9 Å². The molecule has 0 fully saturated rings. The van der Waals surface area contributed by atoms with Gasteiger partial charge in [0, 0.05) is 46.1 Å². The van der Waals surface area contributed by atoms with Crippen LogP contribution in [0, 0.1) is 11.8 Å². The van der Waals surface area contributed by atoms with Crippen molar-refractivity contribution in [3.63, 3.8) is 0 Å². The van der Waals surface area contributed by atoms with Crippen molar-refractivity contribution in [1.29, 1.82) is 0 Å². The van der Waals surface area contributed by atoms with E-state index in [-0.39, 0.29) is 55.8 Å². The van der Waals surface area contributed by atoms with E-state index < -0.39 is 11.9 Å². The van der Waals surface area contributed by atoms with Gasteiger partial charge in [0.05, 0.1) is 38.8 Å². The van der Waals surface area contributed by atoms with Gasteiger partial charge in [-0.3, -0.25) is 19.2 Å². The minimum atomic E-state index is -0.558. The number of nitrogens with one attached hydrogen (secondary N) is 2.